The molecule has 1 aliphatic rings. The molecule has 1 aliphatic heterocycles. The minimum absolute atomic E-state index is 0.00196. The van der Waals surface area contributed by atoms with Crippen LogP contribution in [0.4, 0.5) is 10.5 Å². The van der Waals surface area contributed by atoms with Gasteiger partial charge in [-0.3, -0.25) is 0 Å². The first-order valence-electron chi connectivity index (χ1n) is 9.04. The van der Waals surface area contributed by atoms with Crippen molar-refractivity contribution < 1.29 is 4.79 Å². The van der Waals surface area contributed by atoms with Gasteiger partial charge in [0.1, 0.15) is 0 Å². The number of halogens is 1. The molecule has 1 saturated heterocycles. The van der Waals surface area contributed by atoms with E-state index in [0.717, 1.165) is 29.4 Å². The molecular weight excluding hydrogens is 346 g/mol. The second kappa shape index (κ2) is 8.00. The Balaban J connectivity index is 1.56. The normalized spacial score (nSPS) is 14.5. The number of carbonyl (C=O) groups is 1. The summed E-state index contributed by atoms with van der Waals surface area (Å²) >= 11 is 6.46. The van der Waals surface area contributed by atoms with Crippen LogP contribution in [0.15, 0.2) is 36.4 Å². The first kappa shape index (κ1) is 18.6. The van der Waals surface area contributed by atoms with Crippen LogP contribution in [-0.2, 0) is 6.54 Å². The van der Waals surface area contributed by atoms with Crippen LogP contribution in [0.1, 0.15) is 22.3 Å². The average molecular weight is 372 g/mol. The third-order valence-electron chi connectivity index (χ3n) is 4.81. The van der Waals surface area contributed by atoms with E-state index in [-0.39, 0.29) is 6.03 Å². The van der Waals surface area contributed by atoms with Gasteiger partial charge in [-0.1, -0.05) is 47.5 Å². The van der Waals surface area contributed by atoms with E-state index in [1.807, 2.05) is 23.1 Å². The fourth-order valence-corrected chi connectivity index (χ4v) is 3.99. The van der Waals surface area contributed by atoms with Crippen molar-refractivity contribution in [2.75, 3.05) is 31.1 Å². The third kappa shape index (κ3) is 4.31. The minimum Gasteiger partial charge on any atom is -0.367 e. The van der Waals surface area contributed by atoms with Crippen molar-refractivity contribution in [3.05, 3.63) is 63.7 Å². The average Bonchev–Trinajstić information content (AvgIpc) is 2.59. The smallest absolute Gasteiger partial charge is 0.317 e. The fraction of sp³-hybridized carbons (Fsp3) is 0.381. The number of rotatable bonds is 3. The first-order chi connectivity index (χ1) is 12.4. The van der Waals surface area contributed by atoms with Crippen LogP contribution in [0.5, 0.6) is 0 Å². The predicted molar refractivity (Wildman–Crippen MR) is 108 cm³/mol. The molecule has 3 rings (SSSR count). The number of urea groups is 1. The molecule has 1 fully saturated rings. The summed E-state index contributed by atoms with van der Waals surface area (Å²) < 4.78 is 0. The Morgan fingerprint density at radius 2 is 1.77 bits per heavy atom. The van der Waals surface area contributed by atoms with E-state index < -0.39 is 0 Å². The van der Waals surface area contributed by atoms with Crippen molar-refractivity contribution in [3.63, 3.8) is 0 Å². The lowest BCUT2D eigenvalue weighted by molar-refractivity contribution is 0.194. The molecule has 138 valence electrons. The molecule has 0 spiro atoms. The molecule has 1 N–H and O–H groups in total. The summed E-state index contributed by atoms with van der Waals surface area (Å²) in [5, 5.41) is 3.81. The number of carbonyl (C=O) groups excluding carboxylic acids is 1. The number of anilines is 1. The zero-order valence-electron chi connectivity index (χ0n) is 15.7. The SMILES string of the molecule is Cc1cccc(CNC(=O)N2CCN(c3c(C)cc(C)cc3Cl)CC2)c1. The van der Waals surface area contributed by atoms with Gasteiger partial charge in [0.15, 0.2) is 0 Å². The van der Waals surface area contributed by atoms with Crippen molar-refractivity contribution >= 4 is 23.3 Å². The molecule has 1 heterocycles. The molecule has 0 bridgehead atoms. The number of hydrogen-bond acceptors (Lipinski definition) is 2. The van der Waals surface area contributed by atoms with Gasteiger partial charge in [0.05, 0.1) is 10.7 Å². The highest BCUT2D eigenvalue weighted by Crippen LogP contribution is 2.31. The molecule has 0 saturated carbocycles. The van der Waals surface area contributed by atoms with E-state index in [1.165, 1.54) is 16.7 Å². The van der Waals surface area contributed by atoms with Crippen LogP contribution in [0.25, 0.3) is 0 Å². The van der Waals surface area contributed by atoms with E-state index in [1.54, 1.807) is 0 Å². The second-order valence-corrected chi connectivity index (χ2v) is 7.44. The van der Waals surface area contributed by atoms with Crippen LogP contribution in [0.3, 0.4) is 0 Å². The molecule has 2 aromatic rings. The van der Waals surface area contributed by atoms with Crippen LogP contribution in [0, 0.1) is 20.8 Å². The predicted octanol–water partition coefficient (Wildman–Crippen LogP) is 4.30. The first-order valence-corrected chi connectivity index (χ1v) is 9.42. The van der Waals surface area contributed by atoms with Gasteiger partial charge in [0.25, 0.3) is 0 Å². The minimum atomic E-state index is -0.00196. The molecule has 2 aromatic carbocycles. The van der Waals surface area contributed by atoms with Gasteiger partial charge in [-0.15, -0.1) is 0 Å². The summed E-state index contributed by atoms with van der Waals surface area (Å²) in [5.74, 6) is 0. The quantitative estimate of drug-likeness (QED) is 0.873. The zero-order chi connectivity index (χ0) is 18.7. The Bertz CT molecular complexity index is 775. The maximum absolute atomic E-state index is 12.4. The standard InChI is InChI=1S/C21H26ClN3O/c1-15-5-4-6-18(12-15)14-23-21(26)25-9-7-24(8-10-25)20-17(3)11-16(2)13-19(20)22/h4-6,11-13H,7-10,14H2,1-3H3,(H,23,26). The van der Waals surface area contributed by atoms with Gasteiger partial charge >= 0.3 is 6.03 Å². The van der Waals surface area contributed by atoms with E-state index in [4.69, 9.17) is 11.6 Å². The molecule has 2 amide bonds. The van der Waals surface area contributed by atoms with Crippen molar-refractivity contribution in [1.82, 2.24) is 10.2 Å². The molecule has 5 heteroatoms. The Hall–Kier alpha value is -2.20. The summed E-state index contributed by atoms with van der Waals surface area (Å²) in [5.41, 5.74) is 5.78. The van der Waals surface area contributed by atoms with Gasteiger partial charge < -0.3 is 15.1 Å². The number of piperazine rings is 1. The highest BCUT2D eigenvalue weighted by Gasteiger charge is 2.23. The van der Waals surface area contributed by atoms with Crippen molar-refractivity contribution in [2.45, 2.75) is 27.3 Å². The third-order valence-corrected chi connectivity index (χ3v) is 5.10. The van der Waals surface area contributed by atoms with Crippen LogP contribution in [-0.4, -0.2) is 37.1 Å². The molecule has 0 aliphatic carbocycles. The van der Waals surface area contributed by atoms with Crippen molar-refractivity contribution in [2.24, 2.45) is 0 Å². The van der Waals surface area contributed by atoms with E-state index in [0.29, 0.717) is 19.6 Å². The van der Waals surface area contributed by atoms with E-state index >= 15 is 0 Å². The van der Waals surface area contributed by atoms with Crippen LogP contribution in [0.2, 0.25) is 5.02 Å². The molecule has 0 aromatic heterocycles. The lowest BCUT2D eigenvalue weighted by atomic mass is 10.1. The maximum atomic E-state index is 12.4. The fourth-order valence-electron chi connectivity index (χ4n) is 3.55. The summed E-state index contributed by atoms with van der Waals surface area (Å²) in [6, 6.07) is 12.4. The van der Waals surface area contributed by atoms with Crippen molar-refractivity contribution in [3.8, 4) is 0 Å². The Morgan fingerprint density at radius 3 is 2.42 bits per heavy atom. The molecule has 0 atom stereocenters. The topological polar surface area (TPSA) is 35.6 Å². The number of hydrogen-bond donors (Lipinski definition) is 1. The number of aryl methyl sites for hydroxylation is 3. The Labute approximate surface area is 160 Å². The summed E-state index contributed by atoms with van der Waals surface area (Å²) in [4.78, 5) is 16.6. The summed E-state index contributed by atoms with van der Waals surface area (Å²) in [7, 11) is 0. The lowest BCUT2D eigenvalue weighted by Gasteiger charge is -2.37. The highest BCUT2D eigenvalue weighted by atomic mass is 35.5. The number of benzene rings is 2. The van der Waals surface area contributed by atoms with Crippen LogP contribution < -0.4 is 10.2 Å². The van der Waals surface area contributed by atoms with Gasteiger partial charge in [-0.05, 0) is 43.5 Å². The second-order valence-electron chi connectivity index (χ2n) is 7.03. The molecule has 0 unspecified atom stereocenters. The maximum Gasteiger partial charge on any atom is 0.317 e. The molecule has 26 heavy (non-hydrogen) atoms. The van der Waals surface area contributed by atoms with Crippen molar-refractivity contribution in [1.29, 1.82) is 0 Å². The largest absolute Gasteiger partial charge is 0.367 e. The summed E-state index contributed by atoms with van der Waals surface area (Å²) in [6.45, 7) is 9.75. The molecular formula is C21H26ClN3O. The monoisotopic (exact) mass is 371 g/mol. The van der Waals surface area contributed by atoms with E-state index in [9.17, 15) is 4.79 Å². The zero-order valence-corrected chi connectivity index (χ0v) is 16.4. The molecule has 0 radical (unpaired) electrons. The highest BCUT2D eigenvalue weighted by molar-refractivity contribution is 6.33. The van der Waals surface area contributed by atoms with Crippen LogP contribution >= 0.6 is 11.6 Å². The Kier molecular flexibility index (Phi) is 5.72. The number of nitrogens with zero attached hydrogens (tertiary/aromatic N) is 2. The van der Waals surface area contributed by atoms with Gasteiger partial charge in [0.2, 0.25) is 0 Å². The Morgan fingerprint density at radius 1 is 1.04 bits per heavy atom. The van der Waals surface area contributed by atoms with Gasteiger partial charge in [-0.25, -0.2) is 4.79 Å². The summed E-state index contributed by atoms with van der Waals surface area (Å²) in [6.07, 6.45) is 0. The number of nitrogens with one attached hydrogen (secondary N) is 1. The lowest BCUT2D eigenvalue weighted by Crippen LogP contribution is -2.52. The number of amides is 2. The van der Waals surface area contributed by atoms with Gasteiger partial charge in [-0.2, -0.15) is 0 Å². The van der Waals surface area contributed by atoms with Gasteiger partial charge in [0, 0.05) is 32.7 Å². The molecule has 4 nitrogen and oxygen atoms in total. The van der Waals surface area contributed by atoms with E-state index in [2.05, 4.69) is 49.2 Å².